The molecule has 0 amide bonds. The van der Waals surface area contributed by atoms with Crippen LogP contribution < -0.4 is 10.5 Å². The summed E-state index contributed by atoms with van der Waals surface area (Å²) in [5.74, 6) is 0.340. The highest BCUT2D eigenvalue weighted by atomic mass is 32.2. The summed E-state index contributed by atoms with van der Waals surface area (Å²) in [5, 5.41) is 0. The molecular formula is C14H17N3O2S. The first-order valence-corrected chi connectivity index (χ1v) is 7.94. The number of nitrogens with one attached hydrogen (secondary N) is 1. The maximum Gasteiger partial charge on any atom is 0.234 e. The Bertz CT molecular complexity index is 640. The molecule has 0 aliphatic heterocycles. The van der Waals surface area contributed by atoms with Crippen LogP contribution in [0.2, 0.25) is 0 Å². The second-order valence-electron chi connectivity index (χ2n) is 4.41. The fourth-order valence-corrected chi connectivity index (χ4v) is 2.76. The Morgan fingerprint density at radius 2 is 1.80 bits per heavy atom. The SMILES string of the molecule is NCc1ccc(NS(=O)(=O)CCc2ccccc2)nc1. The van der Waals surface area contributed by atoms with Crippen LogP contribution in [0.25, 0.3) is 0 Å². The zero-order chi connectivity index (χ0) is 14.4. The number of benzene rings is 1. The second-order valence-corrected chi connectivity index (χ2v) is 6.25. The highest BCUT2D eigenvalue weighted by Gasteiger charge is 2.11. The molecule has 0 fully saturated rings. The molecule has 2 aromatic rings. The molecule has 0 radical (unpaired) electrons. The normalized spacial score (nSPS) is 11.2. The molecule has 0 aliphatic carbocycles. The number of aryl methyl sites for hydroxylation is 1. The van der Waals surface area contributed by atoms with E-state index in [2.05, 4.69) is 9.71 Å². The van der Waals surface area contributed by atoms with E-state index in [1.807, 2.05) is 30.3 Å². The number of hydrogen-bond donors (Lipinski definition) is 2. The van der Waals surface area contributed by atoms with Gasteiger partial charge >= 0.3 is 0 Å². The Kier molecular flexibility index (Phi) is 4.70. The third kappa shape index (κ3) is 4.32. The van der Waals surface area contributed by atoms with Crippen molar-refractivity contribution < 1.29 is 8.42 Å². The van der Waals surface area contributed by atoms with Crippen molar-refractivity contribution in [2.45, 2.75) is 13.0 Å². The Balaban J connectivity index is 1.96. The number of rotatable bonds is 6. The van der Waals surface area contributed by atoms with Crippen LogP contribution in [-0.2, 0) is 23.0 Å². The standard InChI is InChI=1S/C14H17N3O2S/c15-10-13-6-7-14(16-11-13)17-20(18,19)9-8-12-4-2-1-3-5-12/h1-7,11H,8-10,15H2,(H,16,17). The fourth-order valence-electron chi connectivity index (χ4n) is 1.71. The highest BCUT2D eigenvalue weighted by molar-refractivity contribution is 7.92. The lowest BCUT2D eigenvalue weighted by atomic mass is 10.2. The summed E-state index contributed by atoms with van der Waals surface area (Å²) in [4.78, 5) is 4.02. The lowest BCUT2D eigenvalue weighted by molar-refractivity contribution is 0.600. The predicted octanol–water partition coefficient (Wildman–Crippen LogP) is 1.52. The van der Waals surface area contributed by atoms with Gasteiger partial charge in [0.25, 0.3) is 0 Å². The Morgan fingerprint density at radius 3 is 2.40 bits per heavy atom. The molecule has 2 rings (SSSR count). The summed E-state index contributed by atoms with van der Waals surface area (Å²) < 4.78 is 26.4. The average Bonchev–Trinajstić information content (AvgIpc) is 2.47. The fraction of sp³-hybridized carbons (Fsp3) is 0.214. The first-order chi connectivity index (χ1) is 9.59. The van der Waals surface area contributed by atoms with Crippen LogP contribution in [-0.4, -0.2) is 19.2 Å². The van der Waals surface area contributed by atoms with Crippen molar-refractivity contribution >= 4 is 15.8 Å². The number of nitrogens with two attached hydrogens (primary N) is 1. The summed E-state index contributed by atoms with van der Waals surface area (Å²) in [6.07, 6.45) is 2.03. The van der Waals surface area contributed by atoms with E-state index in [-0.39, 0.29) is 5.75 Å². The van der Waals surface area contributed by atoms with Gasteiger partial charge in [-0.15, -0.1) is 0 Å². The van der Waals surface area contributed by atoms with Crippen molar-refractivity contribution in [2.24, 2.45) is 5.73 Å². The van der Waals surface area contributed by atoms with Gasteiger partial charge in [0.15, 0.2) is 0 Å². The molecule has 6 heteroatoms. The third-order valence-electron chi connectivity index (χ3n) is 2.82. The van der Waals surface area contributed by atoms with Crippen LogP contribution in [0.1, 0.15) is 11.1 Å². The van der Waals surface area contributed by atoms with Gasteiger partial charge in [-0.1, -0.05) is 36.4 Å². The van der Waals surface area contributed by atoms with Crippen molar-refractivity contribution in [2.75, 3.05) is 10.5 Å². The van der Waals surface area contributed by atoms with E-state index >= 15 is 0 Å². The Morgan fingerprint density at radius 1 is 1.05 bits per heavy atom. The van der Waals surface area contributed by atoms with Crippen molar-refractivity contribution in [3.63, 3.8) is 0 Å². The van der Waals surface area contributed by atoms with Gasteiger partial charge in [-0.3, -0.25) is 4.72 Å². The van der Waals surface area contributed by atoms with Crippen molar-refractivity contribution in [1.82, 2.24) is 4.98 Å². The van der Waals surface area contributed by atoms with Crippen LogP contribution in [0.15, 0.2) is 48.7 Å². The zero-order valence-electron chi connectivity index (χ0n) is 11.0. The molecule has 1 aromatic heterocycles. The first-order valence-electron chi connectivity index (χ1n) is 6.28. The van der Waals surface area contributed by atoms with E-state index in [4.69, 9.17) is 5.73 Å². The minimum Gasteiger partial charge on any atom is -0.326 e. The zero-order valence-corrected chi connectivity index (χ0v) is 11.8. The van der Waals surface area contributed by atoms with Crippen molar-refractivity contribution in [1.29, 1.82) is 0 Å². The van der Waals surface area contributed by atoms with E-state index in [0.717, 1.165) is 11.1 Å². The molecule has 1 heterocycles. The molecule has 0 spiro atoms. The lowest BCUT2D eigenvalue weighted by Crippen LogP contribution is -2.19. The number of aromatic nitrogens is 1. The van der Waals surface area contributed by atoms with Gasteiger partial charge < -0.3 is 5.73 Å². The smallest absolute Gasteiger partial charge is 0.234 e. The van der Waals surface area contributed by atoms with E-state index in [1.54, 1.807) is 18.3 Å². The van der Waals surface area contributed by atoms with Crippen LogP contribution in [0.3, 0.4) is 0 Å². The van der Waals surface area contributed by atoms with E-state index in [9.17, 15) is 8.42 Å². The van der Waals surface area contributed by atoms with Crippen molar-refractivity contribution in [3.05, 3.63) is 59.8 Å². The van der Waals surface area contributed by atoms with E-state index in [0.29, 0.717) is 18.8 Å². The molecule has 0 bridgehead atoms. The third-order valence-corrected chi connectivity index (χ3v) is 4.08. The van der Waals surface area contributed by atoms with Gasteiger partial charge in [-0.2, -0.15) is 0 Å². The Hall–Kier alpha value is -1.92. The molecule has 0 aliphatic rings. The summed E-state index contributed by atoms with van der Waals surface area (Å²) in [7, 11) is -3.40. The van der Waals surface area contributed by atoms with Gasteiger partial charge in [0.2, 0.25) is 10.0 Å². The minimum absolute atomic E-state index is 0.0251. The number of nitrogens with zero attached hydrogens (tertiary/aromatic N) is 1. The summed E-state index contributed by atoms with van der Waals surface area (Å²) in [5.41, 5.74) is 7.31. The van der Waals surface area contributed by atoms with Crippen LogP contribution in [0.4, 0.5) is 5.82 Å². The second kappa shape index (κ2) is 6.49. The summed E-state index contributed by atoms with van der Waals surface area (Å²) in [6.45, 7) is 0.383. The maximum atomic E-state index is 12.0. The van der Waals surface area contributed by atoms with Crippen LogP contribution >= 0.6 is 0 Å². The van der Waals surface area contributed by atoms with Crippen LogP contribution in [0, 0.1) is 0 Å². The molecule has 0 unspecified atom stereocenters. The number of pyridine rings is 1. The topological polar surface area (TPSA) is 85.1 Å². The van der Waals surface area contributed by atoms with Gasteiger partial charge in [0, 0.05) is 12.7 Å². The molecule has 3 N–H and O–H groups in total. The van der Waals surface area contributed by atoms with E-state index < -0.39 is 10.0 Å². The molecular weight excluding hydrogens is 274 g/mol. The number of anilines is 1. The minimum atomic E-state index is -3.40. The molecule has 0 saturated carbocycles. The summed E-state index contributed by atoms with van der Waals surface area (Å²) >= 11 is 0. The summed E-state index contributed by atoms with van der Waals surface area (Å²) in [6, 6.07) is 12.9. The molecule has 0 saturated heterocycles. The quantitative estimate of drug-likeness (QED) is 0.845. The van der Waals surface area contributed by atoms with E-state index in [1.165, 1.54) is 0 Å². The molecule has 5 nitrogen and oxygen atoms in total. The van der Waals surface area contributed by atoms with Gasteiger partial charge in [0.05, 0.1) is 5.75 Å². The molecule has 20 heavy (non-hydrogen) atoms. The largest absolute Gasteiger partial charge is 0.326 e. The van der Waals surface area contributed by atoms with Gasteiger partial charge in [-0.25, -0.2) is 13.4 Å². The highest BCUT2D eigenvalue weighted by Crippen LogP contribution is 2.08. The van der Waals surface area contributed by atoms with Gasteiger partial charge in [-0.05, 0) is 23.6 Å². The van der Waals surface area contributed by atoms with Crippen LogP contribution in [0.5, 0.6) is 0 Å². The molecule has 0 atom stereocenters. The van der Waals surface area contributed by atoms with Crippen molar-refractivity contribution in [3.8, 4) is 0 Å². The monoisotopic (exact) mass is 291 g/mol. The molecule has 1 aromatic carbocycles. The molecule has 106 valence electrons. The lowest BCUT2D eigenvalue weighted by Gasteiger charge is -2.07. The van der Waals surface area contributed by atoms with Gasteiger partial charge in [0.1, 0.15) is 5.82 Å². The number of sulfonamides is 1. The Labute approximate surface area is 118 Å². The number of hydrogen-bond acceptors (Lipinski definition) is 4. The first kappa shape index (κ1) is 14.5. The maximum absolute atomic E-state index is 12.0. The predicted molar refractivity (Wildman–Crippen MR) is 79.7 cm³/mol. The average molecular weight is 291 g/mol.